The van der Waals surface area contributed by atoms with Crippen molar-refractivity contribution in [1.82, 2.24) is 5.32 Å². The first kappa shape index (κ1) is 19.5. The average Bonchev–Trinajstić information content (AvgIpc) is 2.65. The lowest BCUT2D eigenvalue weighted by Gasteiger charge is -2.38. The molecule has 1 N–H and O–H groups in total. The summed E-state index contributed by atoms with van der Waals surface area (Å²) in [6, 6.07) is 17.7. The summed E-state index contributed by atoms with van der Waals surface area (Å²) in [6.45, 7) is 4.10. The van der Waals surface area contributed by atoms with Crippen LogP contribution in [0.3, 0.4) is 0 Å². The third-order valence-electron chi connectivity index (χ3n) is 5.78. The molecular formula is C23H25ClN2O. The van der Waals surface area contributed by atoms with Crippen molar-refractivity contribution >= 4 is 17.5 Å². The van der Waals surface area contributed by atoms with Gasteiger partial charge in [-0.3, -0.25) is 4.79 Å². The first-order valence-corrected chi connectivity index (χ1v) is 9.84. The van der Waals surface area contributed by atoms with E-state index in [0.717, 1.165) is 36.8 Å². The number of nitrogens with one attached hydrogen (secondary N) is 1. The fraction of sp³-hybridized carbons (Fsp3) is 0.391. The molecule has 2 unspecified atom stereocenters. The van der Waals surface area contributed by atoms with Crippen LogP contribution in [0.2, 0.25) is 5.02 Å². The van der Waals surface area contributed by atoms with Gasteiger partial charge in [0.15, 0.2) is 0 Å². The standard InChI is InChI=1S/C23H25ClN2O/c1-16(26-22(27)23(2)11-4-12-23)21(14-17-7-9-20(24)10-8-17)19-6-3-5-18(13-19)15-25/h3,5-10,13,16,21H,4,11-12,14H2,1-2H3,(H,26,27). The summed E-state index contributed by atoms with van der Waals surface area (Å²) >= 11 is 6.02. The summed E-state index contributed by atoms with van der Waals surface area (Å²) in [5.74, 6) is 0.214. The van der Waals surface area contributed by atoms with Gasteiger partial charge in [-0.2, -0.15) is 5.26 Å². The van der Waals surface area contributed by atoms with Gasteiger partial charge in [-0.05, 0) is 61.6 Å². The number of carbonyl (C=O) groups is 1. The molecule has 1 aliphatic rings. The van der Waals surface area contributed by atoms with Gasteiger partial charge in [-0.25, -0.2) is 0 Å². The third kappa shape index (κ3) is 4.51. The molecule has 0 aromatic heterocycles. The maximum Gasteiger partial charge on any atom is 0.226 e. The Morgan fingerprint density at radius 3 is 2.56 bits per heavy atom. The molecule has 2 aromatic carbocycles. The summed E-state index contributed by atoms with van der Waals surface area (Å²) < 4.78 is 0. The monoisotopic (exact) mass is 380 g/mol. The maximum atomic E-state index is 12.7. The van der Waals surface area contributed by atoms with Gasteiger partial charge in [-0.1, -0.05) is 49.2 Å². The van der Waals surface area contributed by atoms with Crippen molar-refractivity contribution in [3.05, 3.63) is 70.2 Å². The number of rotatable bonds is 6. The first-order chi connectivity index (χ1) is 12.9. The molecule has 3 rings (SSSR count). The van der Waals surface area contributed by atoms with Gasteiger partial charge in [0.1, 0.15) is 0 Å². The molecule has 2 atom stereocenters. The topological polar surface area (TPSA) is 52.9 Å². The number of amides is 1. The number of nitrogens with zero attached hydrogens (tertiary/aromatic N) is 1. The SMILES string of the molecule is CC(NC(=O)C1(C)CCC1)C(Cc1ccc(Cl)cc1)c1cccc(C#N)c1. The van der Waals surface area contributed by atoms with Crippen LogP contribution in [-0.4, -0.2) is 11.9 Å². The van der Waals surface area contributed by atoms with Crippen LogP contribution < -0.4 is 5.32 Å². The second-order valence-electron chi connectivity index (χ2n) is 7.85. The number of hydrogen-bond donors (Lipinski definition) is 1. The summed E-state index contributed by atoms with van der Waals surface area (Å²) in [6.07, 6.45) is 3.80. The normalized spacial score (nSPS) is 17.3. The molecule has 1 aliphatic carbocycles. The first-order valence-electron chi connectivity index (χ1n) is 9.47. The second-order valence-corrected chi connectivity index (χ2v) is 8.29. The Bertz CT molecular complexity index is 849. The predicted molar refractivity (Wildman–Crippen MR) is 109 cm³/mol. The molecule has 27 heavy (non-hydrogen) atoms. The number of hydrogen-bond acceptors (Lipinski definition) is 2. The third-order valence-corrected chi connectivity index (χ3v) is 6.03. The van der Waals surface area contributed by atoms with Crippen LogP contribution in [-0.2, 0) is 11.2 Å². The lowest BCUT2D eigenvalue weighted by Crippen LogP contribution is -2.48. The van der Waals surface area contributed by atoms with E-state index in [1.807, 2.05) is 55.5 Å². The molecule has 0 spiro atoms. The molecule has 3 nitrogen and oxygen atoms in total. The van der Waals surface area contributed by atoms with E-state index < -0.39 is 0 Å². The van der Waals surface area contributed by atoms with Gasteiger partial charge >= 0.3 is 0 Å². The van der Waals surface area contributed by atoms with Crippen LogP contribution in [0.15, 0.2) is 48.5 Å². The van der Waals surface area contributed by atoms with E-state index in [0.29, 0.717) is 10.6 Å². The zero-order valence-electron chi connectivity index (χ0n) is 15.8. The number of halogens is 1. The van der Waals surface area contributed by atoms with Gasteiger partial charge in [-0.15, -0.1) is 0 Å². The molecule has 0 radical (unpaired) electrons. The summed E-state index contributed by atoms with van der Waals surface area (Å²) in [5.41, 5.74) is 2.63. The highest BCUT2D eigenvalue weighted by Crippen LogP contribution is 2.40. The molecule has 0 bridgehead atoms. The predicted octanol–water partition coefficient (Wildman–Crippen LogP) is 5.23. The molecule has 2 aromatic rings. The molecule has 140 valence electrons. The number of nitriles is 1. The lowest BCUT2D eigenvalue weighted by molar-refractivity contribution is -0.135. The highest BCUT2D eigenvalue weighted by Gasteiger charge is 2.40. The Labute approximate surface area is 166 Å². The Balaban J connectivity index is 1.84. The molecule has 0 heterocycles. The number of benzene rings is 2. The fourth-order valence-corrected chi connectivity index (χ4v) is 3.84. The largest absolute Gasteiger partial charge is 0.353 e. The Hall–Kier alpha value is -2.31. The average molecular weight is 381 g/mol. The highest BCUT2D eigenvalue weighted by molar-refractivity contribution is 6.30. The molecule has 0 aliphatic heterocycles. The summed E-state index contributed by atoms with van der Waals surface area (Å²) in [4.78, 5) is 12.7. The zero-order valence-corrected chi connectivity index (χ0v) is 16.6. The lowest BCUT2D eigenvalue weighted by atomic mass is 9.69. The van der Waals surface area contributed by atoms with Crippen molar-refractivity contribution in [2.75, 3.05) is 0 Å². The van der Waals surface area contributed by atoms with E-state index in [4.69, 9.17) is 11.6 Å². The molecule has 0 saturated heterocycles. The van der Waals surface area contributed by atoms with Crippen LogP contribution in [0, 0.1) is 16.7 Å². The van der Waals surface area contributed by atoms with Gasteiger partial charge in [0.05, 0.1) is 11.6 Å². The fourth-order valence-electron chi connectivity index (χ4n) is 3.71. The van der Waals surface area contributed by atoms with Crippen molar-refractivity contribution < 1.29 is 4.79 Å². The molecule has 1 saturated carbocycles. The van der Waals surface area contributed by atoms with E-state index >= 15 is 0 Å². The van der Waals surface area contributed by atoms with Gasteiger partial charge < -0.3 is 5.32 Å². The van der Waals surface area contributed by atoms with E-state index in [1.54, 1.807) is 0 Å². The second kappa shape index (κ2) is 8.15. The smallest absolute Gasteiger partial charge is 0.226 e. The van der Waals surface area contributed by atoms with Crippen LogP contribution in [0.4, 0.5) is 0 Å². The van der Waals surface area contributed by atoms with Crippen molar-refractivity contribution in [2.45, 2.75) is 51.5 Å². The zero-order chi connectivity index (χ0) is 19.4. The minimum atomic E-state index is -0.229. The molecule has 1 amide bonds. The van der Waals surface area contributed by atoms with Gasteiger partial charge in [0.2, 0.25) is 5.91 Å². The van der Waals surface area contributed by atoms with E-state index in [1.165, 1.54) is 0 Å². The van der Waals surface area contributed by atoms with Crippen LogP contribution in [0.1, 0.15) is 55.7 Å². The van der Waals surface area contributed by atoms with Crippen molar-refractivity contribution in [2.24, 2.45) is 5.41 Å². The quantitative estimate of drug-likeness (QED) is 0.745. The summed E-state index contributed by atoms with van der Waals surface area (Å²) in [7, 11) is 0. The molecule has 1 fully saturated rings. The molecule has 4 heteroatoms. The van der Waals surface area contributed by atoms with Crippen molar-refractivity contribution in [3.8, 4) is 6.07 Å². The van der Waals surface area contributed by atoms with Gasteiger partial charge in [0.25, 0.3) is 0 Å². The molecular weight excluding hydrogens is 356 g/mol. The number of carbonyl (C=O) groups excluding carboxylic acids is 1. The van der Waals surface area contributed by atoms with Crippen LogP contribution >= 0.6 is 11.6 Å². The van der Waals surface area contributed by atoms with E-state index in [2.05, 4.69) is 18.3 Å². The minimum absolute atomic E-state index is 0.0421. The van der Waals surface area contributed by atoms with Crippen LogP contribution in [0.5, 0.6) is 0 Å². The Morgan fingerprint density at radius 1 is 1.26 bits per heavy atom. The highest BCUT2D eigenvalue weighted by atomic mass is 35.5. The van der Waals surface area contributed by atoms with E-state index in [-0.39, 0.29) is 23.3 Å². The maximum absolute atomic E-state index is 12.7. The minimum Gasteiger partial charge on any atom is -0.353 e. The van der Waals surface area contributed by atoms with E-state index in [9.17, 15) is 10.1 Å². The Morgan fingerprint density at radius 2 is 1.96 bits per heavy atom. The Kier molecular flexibility index (Phi) is 5.87. The summed E-state index contributed by atoms with van der Waals surface area (Å²) in [5, 5.41) is 13.2. The van der Waals surface area contributed by atoms with Crippen molar-refractivity contribution in [1.29, 1.82) is 5.26 Å². The van der Waals surface area contributed by atoms with Crippen molar-refractivity contribution in [3.63, 3.8) is 0 Å². The van der Waals surface area contributed by atoms with Crippen LogP contribution in [0.25, 0.3) is 0 Å². The van der Waals surface area contributed by atoms with Gasteiger partial charge in [0, 0.05) is 22.4 Å².